The lowest BCUT2D eigenvalue weighted by Crippen LogP contribution is -2.52. The summed E-state index contributed by atoms with van der Waals surface area (Å²) in [5, 5.41) is 4.15. The van der Waals surface area contributed by atoms with E-state index in [2.05, 4.69) is 5.32 Å². The molecule has 2 N–H and O–H groups in total. The first-order chi connectivity index (χ1) is 15.3. The first-order valence-electron chi connectivity index (χ1n) is 9.54. The van der Waals surface area contributed by atoms with Gasteiger partial charge in [0.15, 0.2) is 0 Å². The molecule has 0 aliphatic heterocycles. The van der Waals surface area contributed by atoms with Crippen molar-refractivity contribution in [3.63, 3.8) is 0 Å². The number of hydrogen-bond donors (Lipinski definition) is 2. The van der Waals surface area contributed by atoms with Crippen LogP contribution in [0.3, 0.4) is 0 Å². The molecule has 2 amide bonds. The Hall–Kier alpha value is -3.44. The lowest BCUT2D eigenvalue weighted by atomic mass is 10.1. The monoisotopic (exact) mass is 476 g/mol. The molecule has 0 spiro atoms. The van der Waals surface area contributed by atoms with Crippen LogP contribution in [-0.4, -0.2) is 30.6 Å². The van der Waals surface area contributed by atoms with Crippen LogP contribution in [0.2, 0.25) is 0 Å². The molecule has 0 unspecified atom stereocenters. The van der Waals surface area contributed by atoms with E-state index in [-0.39, 0.29) is 30.9 Å². The summed E-state index contributed by atoms with van der Waals surface area (Å²) in [6.45, 7) is -0.0703. The van der Waals surface area contributed by atoms with Gasteiger partial charge in [0.05, 0.1) is 7.11 Å². The van der Waals surface area contributed by atoms with E-state index >= 15 is 0 Å². The molecule has 1 saturated carbocycles. The number of benzene rings is 2. The third-order valence-corrected chi connectivity index (χ3v) is 4.89. The predicted octanol–water partition coefficient (Wildman–Crippen LogP) is 4.33. The van der Waals surface area contributed by atoms with Crippen LogP contribution in [0.15, 0.2) is 42.5 Å². The fourth-order valence-corrected chi connectivity index (χ4v) is 2.92. The third-order valence-electron chi connectivity index (χ3n) is 4.89. The van der Waals surface area contributed by atoms with E-state index in [0.29, 0.717) is 5.56 Å². The van der Waals surface area contributed by atoms with Gasteiger partial charge in [-0.05, 0) is 48.7 Å². The molecule has 2 aromatic carbocycles. The minimum atomic E-state index is -5.10. The number of carbonyl (C=O) groups is 2. The standard InChI is InChI=1S/C21H18F6N2O4/c1-32-14-6-7-16(15(10-14)20(22,23)24)33-13-4-2-12(3-5-13)11-28-17(30)19(8-9-19)29-18(31)21(25,26)27/h2-7,10H,8-9,11H2,1H3,(H,28,30)(H,29,31). The fraction of sp³-hybridized carbons (Fsp3) is 0.333. The number of amides is 2. The molecule has 0 bridgehead atoms. The van der Waals surface area contributed by atoms with Crippen molar-refractivity contribution >= 4 is 11.8 Å². The van der Waals surface area contributed by atoms with Crippen LogP contribution < -0.4 is 20.1 Å². The smallest absolute Gasteiger partial charge is 0.471 e. The summed E-state index contributed by atoms with van der Waals surface area (Å²) in [6, 6.07) is 8.96. The second kappa shape index (κ2) is 8.83. The van der Waals surface area contributed by atoms with Crippen molar-refractivity contribution < 1.29 is 45.4 Å². The SMILES string of the molecule is COc1ccc(Oc2ccc(CNC(=O)C3(NC(=O)C(F)(F)F)CC3)cc2)c(C(F)(F)F)c1. The maximum absolute atomic E-state index is 13.3. The summed E-state index contributed by atoms with van der Waals surface area (Å²) in [5.74, 6) is -3.26. The minimum absolute atomic E-state index is 0.0145. The maximum Gasteiger partial charge on any atom is 0.471 e. The lowest BCUT2D eigenvalue weighted by Gasteiger charge is -2.18. The largest absolute Gasteiger partial charge is 0.497 e. The van der Waals surface area contributed by atoms with Gasteiger partial charge in [0.25, 0.3) is 0 Å². The molecule has 0 aromatic heterocycles. The number of carbonyl (C=O) groups excluding carboxylic acids is 2. The highest BCUT2D eigenvalue weighted by Crippen LogP contribution is 2.40. The average Bonchev–Trinajstić information content (AvgIpc) is 3.52. The zero-order valence-electron chi connectivity index (χ0n) is 17.1. The second-order valence-electron chi connectivity index (χ2n) is 7.32. The van der Waals surface area contributed by atoms with Gasteiger partial charge in [-0.2, -0.15) is 26.3 Å². The minimum Gasteiger partial charge on any atom is -0.497 e. The molecular formula is C21H18F6N2O4. The summed E-state index contributed by atoms with van der Waals surface area (Å²) >= 11 is 0. The number of rotatable bonds is 7. The lowest BCUT2D eigenvalue weighted by molar-refractivity contribution is -0.175. The number of halogens is 6. The second-order valence-corrected chi connectivity index (χ2v) is 7.32. The molecular weight excluding hydrogens is 458 g/mol. The van der Waals surface area contributed by atoms with Gasteiger partial charge in [-0.25, -0.2) is 0 Å². The van der Waals surface area contributed by atoms with E-state index < -0.39 is 41.0 Å². The van der Waals surface area contributed by atoms with E-state index in [1.165, 1.54) is 37.4 Å². The van der Waals surface area contributed by atoms with Crippen molar-refractivity contribution in [2.75, 3.05) is 7.11 Å². The Morgan fingerprint density at radius 2 is 1.58 bits per heavy atom. The third kappa shape index (κ3) is 5.88. The van der Waals surface area contributed by atoms with Gasteiger partial charge in [-0.15, -0.1) is 0 Å². The first kappa shape index (κ1) is 24.2. The van der Waals surface area contributed by atoms with E-state index in [9.17, 15) is 35.9 Å². The molecule has 12 heteroatoms. The van der Waals surface area contributed by atoms with Crippen LogP contribution in [0.4, 0.5) is 26.3 Å². The Kier molecular flexibility index (Phi) is 6.48. The van der Waals surface area contributed by atoms with Crippen molar-refractivity contribution in [3.8, 4) is 17.2 Å². The molecule has 1 aliphatic carbocycles. The van der Waals surface area contributed by atoms with Crippen LogP contribution in [0, 0.1) is 0 Å². The van der Waals surface area contributed by atoms with Crippen molar-refractivity contribution in [2.45, 2.75) is 37.3 Å². The Bertz CT molecular complexity index is 1030. The molecule has 1 fully saturated rings. The van der Waals surface area contributed by atoms with Gasteiger partial charge in [-0.1, -0.05) is 12.1 Å². The molecule has 178 valence electrons. The highest BCUT2D eigenvalue weighted by atomic mass is 19.4. The molecule has 2 aromatic rings. The van der Waals surface area contributed by atoms with Crippen LogP contribution in [0.1, 0.15) is 24.0 Å². The van der Waals surface area contributed by atoms with Crippen molar-refractivity contribution in [3.05, 3.63) is 53.6 Å². The van der Waals surface area contributed by atoms with E-state index in [1.807, 2.05) is 0 Å². The first-order valence-corrected chi connectivity index (χ1v) is 9.54. The Labute approximate surface area is 183 Å². The Morgan fingerprint density at radius 3 is 2.09 bits per heavy atom. The Morgan fingerprint density at radius 1 is 0.970 bits per heavy atom. The van der Waals surface area contributed by atoms with Gasteiger partial charge in [0.2, 0.25) is 5.91 Å². The summed E-state index contributed by atoms with van der Waals surface area (Å²) in [4.78, 5) is 23.3. The fourth-order valence-electron chi connectivity index (χ4n) is 2.92. The normalized spacial score (nSPS) is 14.9. The molecule has 33 heavy (non-hydrogen) atoms. The quantitative estimate of drug-likeness (QED) is 0.584. The predicted molar refractivity (Wildman–Crippen MR) is 103 cm³/mol. The summed E-state index contributed by atoms with van der Waals surface area (Å²) in [7, 11) is 1.24. The van der Waals surface area contributed by atoms with Crippen molar-refractivity contribution in [1.29, 1.82) is 0 Å². The van der Waals surface area contributed by atoms with E-state index in [4.69, 9.17) is 9.47 Å². The van der Waals surface area contributed by atoms with Gasteiger partial charge in [0.1, 0.15) is 28.4 Å². The maximum atomic E-state index is 13.3. The van der Waals surface area contributed by atoms with Crippen LogP contribution in [0.5, 0.6) is 17.2 Å². The number of nitrogens with one attached hydrogen (secondary N) is 2. The summed E-state index contributed by atoms with van der Waals surface area (Å²) < 4.78 is 87.3. The zero-order valence-corrected chi connectivity index (χ0v) is 17.1. The van der Waals surface area contributed by atoms with Crippen LogP contribution in [0.25, 0.3) is 0 Å². The molecule has 3 rings (SSSR count). The molecule has 0 saturated heterocycles. The number of methoxy groups -OCH3 is 1. The van der Waals surface area contributed by atoms with Crippen LogP contribution in [-0.2, 0) is 22.3 Å². The molecule has 6 nitrogen and oxygen atoms in total. The van der Waals surface area contributed by atoms with Gasteiger partial charge in [-0.3, -0.25) is 9.59 Å². The number of alkyl halides is 6. The van der Waals surface area contributed by atoms with E-state index in [0.717, 1.165) is 12.1 Å². The van der Waals surface area contributed by atoms with E-state index in [1.54, 1.807) is 5.32 Å². The van der Waals surface area contributed by atoms with Crippen molar-refractivity contribution in [2.24, 2.45) is 0 Å². The van der Waals surface area contributed by atoms with Crippen molar-refractivity contribution in [1.82, 2.24) is 10.6 Å². The molecule has 0 heterocycles. The zero-order chi connectivity index (χ0) is 24.4. The topological polar surface area (TPSA) is 76.7 Å². The Balaban J connectivity index is 1.62. The summed E-state index contributed by atoms with van der Waals surface area (Å²) in [6.07, 6.45) is -9.61. The highest BCUT2D eigenvalue weighted by molar-refractivity contribution is 5.95. The molecule has 1 aliphatic rings. The van der Waals surface area contributed by atoms with Gasteiger partial charge >= 0.3 is 18.3 Å². The molecule has 0 atom stereocenters. The average molecular weight is 476 g/mol. The van der Waals surface area contributed by atoms with Gasteiger partial charge in [0, 0.05) is 6.54 Å². The number of ether oxygens (including phenoxy) is 2. The number of hydrogen-bond acceptors (Lipinski definition) is 4. The highest BCUT2D eigenvalue weighted by Gasteiger charge is 2.54. The summed E-state index contributed by atoms with van der Waals surface area (Å²) in [5.41, 5.74) is -2.09. The van der Waals surface area contributed by atoms with Gasteiger partial charge < -0.3 is 20.1 Å². The molecule has 0 radical (unpaired) electrons. The van der Waals surface area contributed by atoms with Crippen LogP contribution >= 0.6 is 0 Å².